The van der Waals surface area contributed by atoms with Gasteiger partial charge in [-0.3, -0.25) is 4.79 Å². The maximum absolute atomic E-state index is 11.9. The Morgan fingerprint density at radius 3 is 2.72 bits per heavy atom. The van der Waals surface area contributed by atoms with Gasteiger partial charge in [0.1, 0.15) is 11.5 Å². The first-order chi connectivity index (χ1) is 11.8. The van der Waals surface area contributed by atoms with E-state index in [1.165, 1.54) is 6.21 Å². The highest BCUT2D eigenvalue weighted by molar-refractivity contribution is 9.10. The summed E-state index contributed by atoms with van der Waals surface area (Å²) in [6.45, 7) is 6.12. The first-order valence-corrected chi connectivity index (χ1v) is 8.59. The minimum atomic E-state index is -0.362. The number of hydrazone groups is 1. The largest absolute Gasteiger partial charge is 0.508 e. The van der Waals surface area contributed by atoms with Crippen molar-refractivity contribution in [3.63, 3.8) is 0 Å². The van der Waals surface area contributed by atoms with Crippen molar-refractivity contribution in [2.24, 2.45) is 5.10 Å². The van der Waals surface area contributed by atoms with Gasteiger partial charge in [-0.15, -0.1) is 0 Å². The molecule has 0 aromatic heterocycles. The monoisotopic (exact) mass is 404 g/mol. The van der Waals surface area contributed by atoms with E-state index in [-0.39, 0.29) is 23.7 Å². The van der Waals surface area contributed by atoms with Crippen LogP contribution in [0.2, 0.25) is 0 Å². The van der Waals surface area contributed by atoms with E-state index in [0.717, 1.165) is 10.0 Å². The van der Waals surface area contributed by atoms with Crippen LogP contribution in [-0.4, -0.2) is 23.8 Å². The van der Waals surface area contributed by atoms with E-state index in [4.69, 9.17) is 4.74 Å². The smallest absolute Gasteiger partial charge is 0.277 e. The van der Waals surface area contributed by atoms with E-state index < -0.39 is 0 Å². The molecule has 0 unspecified atom stereocenters. The Morgan fingerprint density at radius 2 is 2.04 bits per heavy atom. The predicted molar refractivity (Wildman–Crippen MR) is 102 cm³/mol. The lowest BCUT2D eigenvalue weighted by Gasteiger charge is -2.23. The van der Waals surface area contributed by atoms with Gasteiger partial charge in [-0.05, 0) is 41.3 Å². The van der Waals surface area contributed by atoms with Gasteiger partial charge < -0.3 is 9.84 Å². The number of hydrogen-bond donors (Lipinski definition) is 2. The highest BCUT2D eigenvalue weighted by Crippen LogP contribution is 2.33. The molecule has 0 bridgehead atoms. The third-order valence-electron chi connectivity index (χ3n) is 3.38. The zero-order valence-corrected chi connectivity index (χ0v) is 16.0. The second kappa shape index (κ2) is 8.16. The van der Waals surface area contributed by atoms with Crippen molar-refractivity contribution in [1.82, 2.24) is 5.43 Å². The standard InChI is InChI=1S/C19H21BrN2O3/c1-19(2,3)16-10-14(20)7-8-17(16)25-12-18(24)22-21-11-13-5-4-6-15(23)9-13/h4-11,23H,12H2,1-3H3,(H,22,24)/b21-11+. The molecule has 0 aliphatic carbocycles. The van der Waals surface area contributed by atoms with Crippen LogP contribution >= 0.6 is 15.9 Å². The van der Waals surface area contributed by atoms with Crippen LogP contribution in [-0.2, 0) is 10.2 Å². The van der Waals surface area contributed by atoms with Gasteiger partial charge in [-0.2, -0.15) is 5.10 Å². The van der Waals surface area contributed by atoms with Crippen LogP contribution in [0.1, 0.15) is 31.9 Å². The molecule has 0 spiro atoms. The number of nitrogens with one attached hydrogen (secondary N) is 1. The lowest BCUT2D eigenvalue weighted by atomic mass is 9.86. The lowest BCUT2D eigenvalue weighted by Crippen LogP contribution is -2.25. The minimum Gasteiger partial charge on any atom is -0.508 e. The van der Waals surface area contributed by atoms with Crippen LogP contribution in [0.15, 0.2) is 52.0 Å². The van der Waals surface area contributed by atoms with Crippen LogP contribution in [0.3, 0.4) is 0 Å². The number of amides is 1. The summed E-state index contributed by atoms with van der Waals surface area (Å²) >= 11 is 3.46. The highest BCUT2D eigenvalue weighted by atomic mass is 79.9. The van der Waals surface area contributed by atoms with Gasteiger partial charge in [0.2, 0.25) is 0 Å². The van der Waals surface area contributed by atoms with Crippen LogP contribution in [0.5, 0.6) is 11.5 Å². The van der Waals surface area contributed by atoms with Crippen molar-refractivity contribution >= 4 is 28.1 Å². The molecule has 0 saturated heterocycles. The van der Waals surface area contributed by atoms with Gasteiger partial charge in [-0.25, -0.2) is 5.43 Å². The number of halogens is 1. The fraction of sp³-hybridized carbons (Fsp3) is 0.263. The van der Waals surface area contributed by atoms with Gasteiger partial charge in [-0.1, -0.05) is 48.8 Å². The molecule has 132 valence electrons. The molecule has 1 amide bonds. The van der Waals surface area contributed by atoms with Crippen molar-refractivity contribution < 1.29 is 14.6 Å². The highest BCUT2D eigenvalue weighted by Gasteiger charge is 2.19. The van der Waals surface area contributed by atoms with E-state index in [9.17, 15) is 9.90 Å². The topological polar surface area (TPSA) is 70.9 Å². The molecular weight excluding hydrogens is 384 g/mol. The molecule has 6 heteroatoms. The van der Waals surface area contributed by atoms with Gasteiger partial charge in [0, 0.05) is 10.0 Å². The Labute approximate surface area is 155 Å². The van der Waals surface area contributed by atoms with Crippen LogP contribution in [0.4, 0.5) is 0 Å². The predicted octanol–water partition coefficient (Wildman–Crippen LogP) is 3.98. The molecule has 0 heterocycles. The van der Waals surface area contributed by atoms with Gasteiger partial charge in [0.05, 0.1) is 6.21 Å². The Morgan fingerprint density at radius 1 is 1.28 bits per heavy atom. The molecule has 2 N–H and O–H groups in total. The number of carbonyl (C=O) groups excluding carboxylic acids is 1. The number of phenolic OH excluding ortho intramolecular Hbond substituents is 1. The van der Waals surface area contributed by atoms with Crippen LogP contribution in [0.25, 0.3) is 0 Å². The maximum atomic E-state index is 11.9. The average Bonchev–Trinajstić information content (AvgIpc) is 2.53. The lowest BCUT2D eigenvalue weighted by molar-refractivity contribution is -0.123. The second-order valence-corrected chi connectivity index (χ2v) is 7.48. The number of hydrogen-bond acceptors (Lipinski definition) is 4. The van der Waals surface area contributed by atoms with Crippen molar-refractivity contribution in [1.29, 1.82) is 0 Å². The second-order valence-electron chi connectivity index (χ2n) is 6.57. The zero-order valence-electron chi connectivity index (χ0n) is 14.4. The summed E-state index contributed by atoms with van der Waals surface area (Å²) in [7, 11) is 0. The fourth-order valence-corrected chi connectivity index (χ4v) is 2.53. The van der Waals surface area contributed by atoms with E-state index in [2.05, 4.69) is 47.2 Å². The first-order valence-electron chi connectivity index (χ1n) is 7.79. The van der Waals surface area contributed by atoms with Gasteiger partial charge >= 0.3 is 0 Å². The molecule has 5 nitrogen and oxygen atoms in total. The maximum Gasteiger partial charge on any atom is 0.277 e. The number of ether oxygens (including phenoxy) is 1. The molecule has 25 heavy (non-hydrogen) atoms. The number of carbonyl (C=O) groups is 1. The van der Waals surface area contributed by atoms with E-state index in [1.807, 2.05) is 18.2 Å². The zero-order chi connectivity index (χ0) is 18.4. The summed E-state index contributed by atoms with van der Waals surface area (Å²) in [5.41, 5.74) is 3.99. The van der Waals surface area contributed by atoms with Gasteiger partial charge in [0.25, 0.3) is 5.91 Å². The average molecular weight is 405 g/mol. The third kappa shape index (κ3) is 5.90. The number of benzene rings is 2. The summed E-state index contributed by atoms with van der Waals surface area (Å²) in [6.07, 6.45) is 1.46. The number of phenols is 1. The molecule has 2 aromatic carbocycles. The molecule has 0 fully saturated rings. The molecule has 0 radical (unpaired) electrons. The molecule has 2 rings (SSSR count). The summed E-state index contributed by atoms with van der Waals surface area (Å²) in [5.74, 6) is 0.450. The third-order valence-corrected chi connectivity index (χ3v) is 3.87. The summed E-state index contributed by atoms with van der Waals surface area (Å²) < 4.78 is 6.62. The summed E-state index contributed by atoms with van der Waals surface area (Å²) in [4.78, 5) is 11.9. The molecule has 0 atom stereocenters. The molecule has 2 aromatic rings. The number of nitrogens with zero attached hydrogens (tertiary/aromatic N) is 1. The summed E-state index contributed by atoms with van der Waals surface area (Å²) in [5, 5.41) is 13.2. The van der Waals surface area contributed by atoms with Crippen LogP contribution in [0, 0.1) is 0 Å². The Balaban J connectivity index is 1.94. The number of aromatic hydroxyl groups is 1. The van der Waals surface area contributed by atoms with Crippen molar-refractivity contribution in [3.05, 3.63) is 58.1 Å². The van der Waals surface area contributed by atoms with E-state index in [0.29, 0.717) is 11.3 Å². The van der Waals surface area contributed by atoms with Crippen molar-refractivity contribution in [3.8, 4) is 11.5 Å². The van der Waals surface area contributed by atoms with Crippen molar-refractivity contribution in [2.75, 3.05) is 6.61 Å². The minimum absolute atomic E-state index is 0.108. The van der Waals surface area contributed by atoms with Crippen molar-refractivity contribution in [2.45, 2.75) is 26.2 Å². The molecule has 0 aliphatic heterocycles. The molecule has 0 aliphatic rings. The SMILES string of the molecule is CC(C)(C)c1cc(Br)ccc1OCC(=O)N/N=C/c1cccc(O)c1. The quantitative estimate of drug-likeness (QED) is 0.584. The van der Waals surface area contributed by atoms with Crippen LogP contribution < -0.4 is 10.2 Å². The van der Waals surface area contributed by atoms with E-state index in [1.54, 1.807) is 24.3 Å². The number of rotatable bonds is 5. The Bertz CT molecular complexity index is 782. The van der Waals surface area contributed by atoms with E-state index >= 15 is 0 Å². The Hall–Kier alpha value is -2.34. The Kier molecular flexibility index (Phi) is 6.20. The normalized spacial score (nSPS) is 11.5. The summed E-state index contributed by atoms with van der Waals surface area (Å²) in [6, 6.07) is 12.3. The molecule has 0 saturated carbocycles. The van der Waals surface area contributed by atoms with Gasteiger partial charge in [0.15, 0.2) is 6.61 Å². The first kappa shape index (κ1) is 19.0. The fourth-order valence-electron chi connectivity index (χ4n) is 2.17. The molecular formula is C19H21BrN2O3.